The molecule has 1 atom stereocenters. The van der Waals surface area contributed by atoms with Crippen LogP contribution in [0.15, 0.2) is 11.9 Å². The number of nitriles is 1. The van der Waals surface area contributed by atoms with Gasteiger partial charge < -0.3 is 0 Å². The summed E-state index contributed by atoms with van der Waals surface area (Å²) in [6.45, 7) is 0.418. The number of hydrogen-bond acceptors (Lipinski definition) is 1. The first kappa shape index (κ1) is 8.95. The normalized spacial score (nSPS) is 15.2. The lowest BCUT2D eigenvalue weighted by Crippen LogP contribution is -2.15. The van der Waals surface area contributed by atoms with E-state index in [9.17, 15) is 17.6 Å². The van der Waals surface area contributed by atoms with Gasteiger partial charge in [0.25, 0.3) is 0 Å². The summed E-state index contributed by atoms with van der Waals surface area (Å²) >= 11 is 0. The van der Waals surface area contributed by atoms with E-state index in [2.05, 4.69) is 0 Å². The Morgan fingerprint density at radius 2 is 1.80 bits per heavy atom. The van der Waals surface area contributed by atoms with Gasteiger partial charge in [-0.3, -0.25) is 0 Å². The van der Waals surface area contributed by atoms with Crippen LogP contribution >= 0.6 is 0 Å². The Morgan fingerprint density at radius 3 is 1.90 bits per heavy atom. The largest absolute Gasteiger partial charge is 0.306 e. The molecule has 0 saturated heterocycles. The molecule has 0 N–H and O–H groups in total. The van der Waals surface area contributed by atoms with E-state index < -0.39 is 17.6 Å². The maximum Gasteiger partial charge on any atom is 0.306 e. The van der Waals surface area contributed by atoms with Crippen LogP contribution in [0.2, 0.25) is 0 Å². The third-order valence-electron chi connectivity index (χ3n) is 0.788. The minimum atomic E-state index is -3.21. The number of halogens is 4. The smallest absolute Gasteiger partial charge is 0.220 e. The van der Waals surface area contributed by atoms with E-state index in [4.69, 9.17) is 5.26 Å². The predicted molar refractivity (Wildman–Crippen MR) is 25.5 cm³/mol. The molecular weight excluding hydrogens is 150 g/mol. The van der Waals surface area contributed by atoms with Gasteiger partial charge in [-0.15, -0.1) is 0 Å². The van der Waals surface area contributed by atoms with Crippen LogP contribution in [0, 0.1) is 11.3 Å². The molecule has 0 fully saturated rings. The van der Waals surface area contributed by atoms with Crippen LogP contribution in [-0.2, 0) is 0 Å². The summed E-state index contributed by atoms with van der Waals surface area (Å²) in [6, 6.07) is 0.743. The second-order valence-corrected chi connectivity index (χ2v) is 1.69. The van der Waals surface area contributed by atoms with Crippen molar-refractivity contribution in [1.29, 1.82) is 5.26 Å². The molecule has 5 heteroatoms. The molecule has 0 bridgehead atoms. The summed E-state index contributed by atoms with van der Waals surface area (Å²) in [5, 5.41) is 7.78. The highest BCUT2D eigenvalue weighted by Crippen LogP contribution is 2.25. The Kier molecular flexibility index (Phi) is 2.41. The Hall–Kier alpha value is -1.05. The summed E-state index contributed by atoms with van der Waals surface area (Å²) in [7, 11) is 0. The lowest BCUT2D eigenvalue weighted by Gasteiger charge is -2.04. The zero-order chi connectivity index (χ0) is 8.36. The van der Waals surface area contributed by atoms with Crippen molar-refractivity contribution >= 4 is 0 Å². The van der Waals surface area contributed by atoms with Crippen LogP contribution in [0.4, 0.5) is 17.6 Å². The van der Waals surface area contributed by atoms with E-state index in [0.717, 1.165) is 6.07 Å². The van der Waals surface area contributed by atoms with Crippen molar-refractivity contribution in [3.8, 4) is 6.07 Å². The first-order valence-electron chi connectivity index (χ1n) is 2.23. The van der Waals surface area contributed by atoms with Gasteiger partial charge in [0, 0.05) is 0 Å². The minimum Gasteiger partial charge on any atom is -0.220 e. The number of allylic oxidation sites excluding steroid dienone is 1. The fourth-order valence-electron chi connectivity index (χ4n) is 0.227. The zero-order valence-electron chi connectivity index (χ0n) is 4.96. The van der Waals surface area contributed by atoms with Crippen LogP contribution in [0.1, 0.15) is 6.92 Å². The van der Waals surface area contributed by atoms with Gasteiger partial charge in [0.05, 0.1) is 0 Å². The van der Waals surface area contributed by atoms with Crippen molar-refractivity contribution in [1.82, 2.24) is 0 Å². The molecule has 0 aromatic heterocycles. The molecule has 0 saturated carbocycles. The second-order valence-electron chi connectivity index (χ2n) is 1.69. The van der Waals surface area contributed by atoms with Gasteiger partial charge in [-0.2, -0.15) is 14.0 Å². The minimum absolute atomic E-state index is 0.418. The Morgan fingerprint density at radius 1 is 1.40 bits per heavy atom. The molecule has 0 amide bonds. The number of nitrogens with zero attached hydrogens (tertiary/aromatic N) is 1. The van der Waals surface area contributed by atoms with Gasteiger partial charge >= 0.3 is 6.08 Å². The maximum absolute atomic E-state index is 12.2. The topological polar surface area (TPSA) is 23.8 Å². The predicted octanol–water partition coefficient (Wildman–Crippen LogP) is 2.32. The Balaban J connectivity index is 4.71. The van der Waals surface area contributed by atoms with E-state index in [1.54, 1.807) is 0 Å². The first-order chi connectivity index (χ1) is 4.41. The fraction of sp³-hybridized carbons (Fsp3) is 0.400. The molecule has 0 heterocycles. The molecule has 1 nitrogen and oxygen atoms in total. The molecule has 0 aliphatic rings. The van der Waals surface area contributed by atoms with Gasteiger partial charge in [-0.05, 0) is 6.92 Å². The number of rotatable bonds is 1. The van der Waals surface area contributed by atoms with Crippen molar-refractivity contribution < 1.29 is 17.6 Å². The molecule has 0 aliphatic carbocycles. The van der Waals surface area contributed by atoms with E-state index in [1.807, 2.05) is 0 Å². The number of alkyl halides is 1. The molecule has 56 valence electrons. The highest BCUT2D eigenvalue weighted by Gasteiger charge is 2.33. The summed E-state index contributed by atoms with van der Waals surface area (Å²) in [4.78, 5) is 0. The van der Waals surface area contributed by atoms with Crippen LogP contribution in [0.3, 0.4) is 0 Å². The van der Waals surface area contributed by atoms with Crippen molar-refractivity contribution in [2.75, 3.05) is 0 Å². The van der Waals surface area contributed by atoms with Gasteiger partial charge in [-0.1, -0.05) is 0 Å². The summed E-state index contributed by atoms with van der Waals surface area (Å²) in [5.74, 6) is -2.32. The fourth-order valence-corrected chi connectivity index (χ4v) is 0.227. The average Bonchev–Trinajstić information content (AvgIpc) is 1.86. The van der Waals surface area contributed by atoms with Crippen molar-refractivity contribution in [3.05, 3.63) is 11.9 Å². The highest BCUT2D eigenvalue weighted by atomic mass is 19.3. The molecule has 1 unspecified atom stereocenters. The van der Waals surface area contributed by atoms with Crippen LogP contribution in [0.25, 0.3) is 0 Å². The molecule has 0 aliphatic heterocycles. The Labute approximate surface area is 54.6 Å². The second kappa shape index (κ2) is 2.69. The molecule has 0 radical (unpaired) electrons. The number of hydrogen-bond donors (Lipinski definition) is 0. The molecule has 10 heavy (non-hydrogen) atoms. The van der Waals surface area contributed by atoms with Crippen LogP contribution in [-0.4, -0.2) is 5.67 Å². The molecule has 0 aromatic rings. The van der Waals surface area contributed by atoms with E-state index in [-0.39, 0.29) is 0 Å². The molecule has 0 aromatic carbocycles. The quantitative estimate of drug-likeness (QED) is 0.530. The third kappa shape index (κ3) is 1.72. The zero-order valence-corrected chi connectivity index (χ0v) is 4.96. The van der Waals surface area contributed by atoms with E-state index in [0.29, 0.717) is 6.92 Å². The average molecular weight is 153 g/mol. The van der Waals surface area contributed by atoms with Gasteiger partial charge in [0.1, 0.15) is 6.07 Å². The molecule has 0 rings (SSSR count). The summed E-state index contributed by atoms with van der Waals surface area (Å²) in [5.41, 5.74) is -3.21. The first-order valence-corrected chi connectivity index (χ1v) is 2.23. The lowest BCUT2D eigenvalue weighted by atomic mass is 10.1. The Bertz CT molecular complexity index is 196. The van der Waals surface area contributed by atoms with E-state index >= 15 is 0 Å². The van der Waals surface area contributed by atoms with Crippen molar-refractivity contribution in [3.63, 3.8) is 0 Å². The standard InChI is InChI=1S/C5H3F4N/c1-5(9,2-10)3(6)4(7)8/h1H3. The van der Waals surface area contributed by atoms with Crippen molar-refractivity contribution in [2.24, 2.45) is 0 Å². The SMILES string of the molecule is CC(F)(C#N)C(F)=C(F)F. The third-order valence-corrected chi connectivity index (χ3v) is 0.788. The van der Waals surface area contributed by atoms with Crippen LogP contribution in [0.5, 0.6) is 0 Å². The molecular formula is C5H3F4N. The molecule has 0 spiro atoms. The maximum atomic E-state index is 12.2. The highest BCUT2D eigenvalue weighted by molar-refractivity contribution is 5.19. The van der Waals surface area contributed by atoms with Gasteiger partial charge in [0.15, 0.2) is 0 Å². The van der Waals surface area contributed by atoms with E-state index in [1.165, 1.54) is 0 Å². The summed E-state index contributed by atoms with van der Waals surface area (Å²) < 4.78 is 46.5. The van der Waals surface area contributed by atoms with Crippen molar-refractivity contribution in [2.45, 2.75) is 12.6 Å². The summed E-state index contributed by atoms with van der Waals surface area (Å²) in [6.07, 6.45) is -2.80. The van der Waals surface area contributed by atoms with Gasteiger partial charge in [0.2, 0.25) is 11.5 Å². The lowest BCUT2D eigenvalue weighted by molar-refractivity contribution is 0.237. The van der Waals surface area contributed by atoms with Gasteiger partial charge in [-0.25, -0.2) is 8.78 Å². The van der Waals surface area contributed by atoms with Crippen LogP contribution < -0.4 is 0 Å². The monoisotopic (exact) mass is 153 g/mol.